The molecule has 232 valence electrons. The van der Waals surface area contributed by atoms with Gasteiger partial charge in [0.25, 0.3) is 0 Å². The van der Waals surface area contributed by atoms with Crippen LogP contribution in [-0.2, 0) is 27.3 Å². The summed E-state index contributed by atoms with van der Waals surface area (Å²) in [7, 11) is 0. The van der Waals surface area contributed by atoms with Crippen LogP contribution in [0.25, 0.3) is 0 Å². The Labute approximate surface area is 262 Å². The zero-order valence-corrected chi connectivity index (χ0v) is 26.3. The Bertz CT molecular complexity index is 1380. The Hall–Kier alpha value is -4.57. The van der Waals surface area contributed by atoms with E-state index in [2.05, 4.69) is 23.5 Å². The van der Waals surface area contributed by atoms with Crippen molar-refractivity contribution in [1.29, 1.82) is 0 Å². The summed E-state index contributed by atoms with van der Waals surface area (Å²) in [6, 6.07) is 24.3. The second kappa shape index (κ2) is 16.9. The van der Waals surface area contributed by atoms with Gasteiger partial charge in [-0.3, -0.25) is 9.59 Å². The van der Waals surface area contributed by atoms with E-state index in [1.54, 1.807) is 49.9 Å². The zero-order valence-electron chi connectivity index (χ0n) is 26.3. The summed E-state index contributed by atoms with van der Waals surface area (Å²) < 4.78 is 5.54. The molecule has 7 heteroatoms. The first-order valence-electron chi connectivity index (χ1n) is 15.3. The molecule has 0 aliphatic carbocycles. The van der Waals surface area contributed by atoms with Crippen LogP contribution >= 0.6 is 0 Å². The number of hydrogen-bond donors (Lipinski definition) is 2. The third kappa shape index (κ3) is 10.9. The number of hydrogen-bond acceptors (Lipinski definition) is 4. The van der Waals surface area contributed by atoms with Crippen molar-refractivity contribution < 1.29 is 19.1 Å². The Morgan fingerprint density at radius 1 is 0.864 bits per heavy atom. The maximum atomic E-state index is 14.6. The van der Waals surface area contributed by atoms with Crippen molar-refractivity contribution in [2.24, 2.45) is 0 Å². The highest BCUT2D eigenvalue weighted by Crippen LogP contribution is 2.25. The van der Waals surface area contributed by atoms with Crippen LogP contribution in [0, 0.1) is 12.3 Å². The minimum absolute atomic E-state index is 0.235. The molecule has 0 aliphatic rings. The van der Waals surface area contributed by atoms with Crippen molar-refractivity contribution >= 4 is 17.9 Å². The van der Waals surface area contributed by atoms with Crippen LogP contribution in [0.4, 0.5) is 4.79 Å². The molecule has 2 N–H and O–H groups in total. The van der Waals surface area contributed by atoms with E-state index in [-0.39, 0.29) is 18.2 Å². The number of ether oxygens (including phenoxy) is 1. The van der Waals surface area contributed by atoms with E-state index >= 15 is 0 Å². The molecule has 0 heterocycles. The first kappa shape index (κ1) is 33.9. The standard InChI is InChI=1S/C37H45N3O4/c1-6-8-9-16-25-40(35(42)32(26-29-17-12-10-13-18-29)39-36(43)44-37(3,4)5)33(31-23-21-28(7-2)22-24-31)34(41)38-27-30-19-14-11-15-20-30/h2,10-15,17-24,32-33H,6,8-9,16,25-27H2,1,3-5H3,(H,38,41)(H,39,43). The molecule has 0 fully saturated rings. The number of nitrogens with zero attached hydrogens (tertiary/aromatic N) is 1. The number of carbonyl (C=O) groups is 3. The molecule has 2 atom stereocenters. The average molecular weight is 596 g/mol. The van der Waals surface area contributed by atoms with Crippen molar-refractivity contribution in [1.82, 2.24) is 15.5 Å². The van der Waals surface area contributed by atoms with Gasteiger partial charge in [-0.25, -0.2) is 4.79 Å². The van der Waals surface area contributed by atoms with Crippen molar-refractivity contribution in [3.63, 3.8) is 0 Å². The lowest BCUT2D eigenvalue weighted by atomic mass is 9.98. The lowest BCUT2D eigenvalue weighted by Crippen LogP contribution is -2.54. The predicted octanol–water partition coefficient (Wildman–Crippen LogP) is 6.57. The Balaban J connectivity index is 2.03. The molecule has 44 heavy (non-hydrogen) atoms. The number of rotatable bonds is 14. The molecule has 0 spiro atoms. The molecule has 2 unspecified atom stereocenters. The van der Waals surface area contributed by atoms with E-state index in [4.69, 9.17) is 11.2 Å². The van der Waals surface area contributed by atoms with Crippen LogP contribution in [0.2, 0.25) is 0 Å². The van der Waals surface area contributed by atoms with E-state index in [1.807, 2.05) is 60.7 Å². The maximum absolute atomic E-state index is 14.6. The van der Waals surface area contributed by atoms with E-state index in [0.29, 0.717) is 30.6 Å². The maximum Gasteiger partial charge on any atom is 0.408 e. The number of nitrogens with one attached hydrogen (secondary N) is 2. The average Bonchev–Trinajstić information content (AvgIpc) is 3.01. The summed E-state index contributed by atoms with van der Waals surface area (Å²) in [4.78, 5) is 43.2. The fourth-order valence-corrected chi connectivity index (χ4v) is 4.89. The van der Waals surface area contributed by atoms with Crippen LogP contribution in [-0.4, -0.2) is 41.0 Å². The van der Waals surface area contributed by atoms with Gasteiger partial charge in [-0.1, -0.05) is 105 Å². The van der Waals surface area contributed by atoms with Gasteiger partial charge in [0.2, 0.25) is 11.8 Å². The molecular weight excluding hydrogens is 550 g/mol. The van der Waals surface area contributed by atoms with Crippen molar-refractivity contribution in [3.05, 3.63) is 107 Å². The number of unbranched alkanes of at least 4 members (excludes halogenated alkanes) is 3. The summed E-state index contributed by atoms with van der Waals surface area (Å²) >= 11 is 0. The largest absolute Gasteiger partial charge is 0.444 e. The molecule has 3 aromatic rings. The number of carbonyl (C=O) groups excluding carboxylic acids is 3. The molecular formula is C37H45N3O4. The third-order valence-electron chi connectivity index (χ3n) is 7.07. The normalized spacial score (nSPS) is 12.3. The van der Waals surface area contributed by atoms with Gasteiger partial charge in [0.15, 0.2) is 0 Å². The van der Waals surface area contributed by atoms with Gasteiger partial charge >= 0.3 is 6.09 Å². The topological polar surface area (TPSA) is 87.7 Å². The predicted molar refractivity (Wildman–Crippen MR) is 175 cm³/mol. The number of benzene rings is 3. The number of amides is 3. The van der Waals surface area contributed by atoms with Gasteiger partial charge in [-0.15, -0.1) is 6.42 Å². The van der Waals surface area contributed by atoms with E-state index in [1.165, 1.54) is 0 Å². The lowest BCUT2D eigenvalue weighted by Gasteiger charge is -2.35. The number of terminal acetylenes is 1. The molecule has 0 saturated carbocycles. The van der Waals surface area contributed by atoms with Gasteiger partial charge < -0.3 is 20.3 Å². The van der Waals surface area contributed by atoms with Gasteiger partial charge in [0.1, 0.15) is 17.7 Å². The highest BCUT2D eigenvalue weighted by Gasteiger charge is 2.36. The summed E-state index contributed by atoms with van der Waals surface area (Å²) in [6.45, 7) is 8.08. The lowest BCUT2D eigenvalue weighted by molar-refractivity contribution is -0.142. The van der Waals surface area contributed by atoms with Crippen molar-refractivity contribution in [3.8, 4) is 12.3 Å². The Morgan fingerprint density at radius 2 is 1.48 bits per heavy atom. The zero-order chi connectivity index (χ0) is 32.0. The minimum Gasteiger partial charge on any atom is -0.444 e. The van der Waals surface area contributed by atoms with Crippen LogP contribution in [0.1, 0.15) is 81.7 Å². The summed E-state index contributed by atoms with van der Waals surface area (Å²) in [5.74, 6) is 1.93. The van der Waals surface area contributed by atoms with Crippen molar-refractivity contribution in [2.45, 2.75) is 84.0 Å². The Morgan fingerprint density at radius 3 is 2.05 bits per heavy atom. The monoisotopic (exact) mass is 595 g/mol. The van der Waals surface area contributed by atoms with Gasteiger partial charge in [-0.2, -0.15) is 0 Å². The van der Waals surface area contributed by atoms with Gasteiger partial charge in [0, 0.05) is 25.1 Å². The van der Waals surface area contributed by atoms with Crippen LogP contribution in [0.15, 0.2) is 84.9 Å². The molecule has 0 aromatic heterocycles. The molecule has 3 rings (SSSR count). The van der Waals surface area contributed by atoms with E-state index in [9.17, 15) is 14.4 Å². The van der Waals surface area contributed by atoms with E-state index < -0.39 is 23.8 Å². The molecule has 7 nitrogen and oxygen atoms in total. The van der Waals surface area contributed by atoms with Gasteiger partial charge in [0.05, 0.1) is 0 Å². The molecule has 0 saturated heterocycles. The highest BCUT2D eigenvalue weighted by molar-refractivity contribution is 5.92. The second-order valence-corrected chi connectivity index (χ2v) is 11.9. The summed E-state index contributed by atoms with van der Waals surface area (Å²) in [5.41, 5.74) is 2.37. The molecule has 0 aliphatic heterocycles. The summed E-state index contributed by atoms with van der Waals surface area (Å²) in [6.07, 6.45) is 8.79. The van der Waals surface area contributed by atoms with Crippen LogP contribution in [0.3, 0.4) is 0 Å². The number of alkyl carbamates (subject to hydrolysis) is 1. The smallest absolute Gasteiger partial charge is 0.408 e. The van der Waals surface area contributed by atoms with Crippen LogP contribution in [0.5, 0.6) is 0 Å². The molecule has 0 radical (unpaired) electrons. The first-order valence-corrected chi connectivity index (χ1v) is 15.3. The minimum atomic E-state index is -0.965. The fraction of sp³-hybridized carbons (Fsp3) is 0.378. The quantitative estimate of drug-likeness (QED) is 0.163. The van der Waals surface area contributed by atoms with Gasteiger partial charge in [-0.05, 0) is 56.0 Å². The molecule has 3 amide bonds. The highest BCUT2D eigenvalue weighted by atomic mass is 16.6. The first-order chi connectivity index (χ1) is 21.1. The SMILES string of the molecule is C#Cc1ccc(C(C(=O)NCc2ccccc2)N(CCCCCC)C(=O)C(Cc2ccccc2)NC(=O)OC(C)(C)C)cc1. The third-order valence-corrected chi connectivity index (χ3v) is 7.07. The van der Waals surface area contributed by atoms with Crippen molar-refractivity contribution in [2.75, 3.05) is 6.54 Å². The van der Waals surface area contributed by atoms with Crippen LogP contribution < -0.4 is 10.6 Å². The second-order valence-electron chi connectivity index (χ2n) is 11.9. The van der Waals surface area contributed by atoms with E-state index in [0.717, 1.165) is 30.4 Å². The molecule has 0 bridgehead atoms. The Kier molecular flexibility index (Phi) is 13.0. The molecule has 3 aromatic carbocycles. The fourth-order valence-electron chi connectivity index (χ4n) is 4.89. The summed E-state index contributed by atoms with van der Waals surface area (Å²) in [5, 5.41) is 5.85.